The van der Waals surface area contributed by atoms with Crippen molar-refractivity contribution in [3.8, 4) is 5.75 Å². The number of nitrogens with one attached hydrogen (secondary N) is 1. The van der Waals surface area contributed by atoms with Gasteiger partial charge in [-0.1, -0.05) is 35.9 Å². The predicted molar refractivity (Wildman–Crippen MR) is 116 cm³/mol. The van der Waals surface area contributed by atoms with Gasteiger partial charge in [-0.25, -0.2) is 13.6 Å². The molecule has 3 rings (SSSR count). The molecule has 0 aliphatic carbocycles. The van der Waals surface area contributed by atoms with Gasteiger partial charge < -0.3 is 14.8 Å². The molecule has 0 heterocycles. The lowest BCUT2D eigenvalue weighted by Gasteiger charge is -2.17. The Morgan fingerprint density at radius 1 is 1.03 bits per heavy atom. The molecule has 3 aromatic carbocycles. The molecule has 5 nitrogen and oxygen atoms in total. The fourth-order valence-corrected chi connectivity index (χ4v) is 3.24. The number of halogens is 3. The minimum Gasteiger partial charge on any atom is -0.483 e. The Labute approximate surface area is 188 Å². The lowest BCUT2D eigenvalue weighted by atomic mass is 10.0. The van der Waals surface area contributed by atoms with Gasteiger partial charge in [0, 0.05) is 16.1 Å². The molecule has 0 radical (unpaired) electrons. The highest BCUT2D eigenvalue weighted by Gasteiger charge is 2.18. The van der Waals surface area contributed by atoms with Crippen molar-refractivity contribution in [2.45, 2.75) is 19.6 Å². The Bertz CT molecular complexity index is 1130. The first kappa shape index (κ1) is 23.2. The van der Waals surface area contributed by atoms with E-state index >= 15 is 0 Å². The van der Waals surface area contributed by atoms with Crippen molar-refractivity contribution in [1.82, 2.24) is 5.32 Å². The highest BCUT2D eigenvalue weighted by Crippen LogP contribution is 2.24. The number of rotatable bonds is 7. The number of hydrogen-bond donors (Lipinski definition) is 1. The van der Waals surface area contributed by atoms with Crippen molar-refractivity contribution < 1.29 is 27.8 Å². The molecule has 32 heavy (non-hydrogen) atoms. The second-order valence-corrected chi connectivity index (χ2v) is 7.39. The van der Waals surface area contributed by atoms with Gasteiger partial charge >= 0.3 is 5.97 Å². The molecule has 0 unspecified atom stereocenters. The maximum absolute atomic E-state index is 13.9. The second-order valence-electron chi connectivity index (χ2n) is 6.95. The third kappa shape index (κ3) is 5.42. The largest absolute Gasteiger partial charge is 0.483 e. The lowest BCUT2D eigenvalue weighted by molar-refractivity contribution is 0.0600. The van der Waals surface area contributed by atoms with E-state index in [-0.39, 0.29) is 12.2 Å². The molecular weight excluding hydrogens is 440 g/mol. The molecule has 1 N–H and O–H groups in total. The maximum atomic E-state index is 13.9. The summed E-state index contributed by atoms with van der Waals surface area (Å²) >= 11 is 6.06. The summed E-state index contributed by atoms with van der Waals surface area (Å²) < 4.78 is 37.7. The van der Waals surface area contributed by atoms with Gasteiger partial charge in [0.2, 0.25) is 0 Å². The molecule has 0 aromatic heterocycles. The molecular formula is C24H20ClF2NO4. The third-order valence-corrected chi connectivity index (χ3v) is 5.00. The monoisotopic (exact) mass is 459 g/mol. The first-order chi connectivity index (χ1) is 15.3. The van der Waals surface area contributed by atoms with Crippen molar-refractivity contribution >= 4 is 23.5 Å². The number of ether oxygens (including phenoxy) is 2. The van der Waals surface area contributed by atoms with E-state index in [0.717, 1.165) is 12.1 Å². The van der Waals surface area contributed by atoms with Crippen LogP contribution in [-0.4, -0.2) is 19.0 Å². The van der Waals surface area contributed by atoms with Crippen LogP contribution in [0.15, 0.2) is 60.7 Å². The summed E-state index contributed by atoms with van der Waals surface area (Å²) in [6.45, 7) is 1.51. The summed E-state index contributed by atoms with van der Waals surface area (Å²) in [5.41, 5.74) is 1.64. The van der Waals surface area contributed by atoms with Crippen LogP contribution in [0.2, 0.25) is 5.02 Å². The number of benzene rings is 3. The quantitative estimate of drug-likeness (QED) is 0.475. The molecule has 1 amide bonds. The van der Waals surface area contributed by atoms with Crippen molar-refractivity contribution in [1.29, 1.82) is 0 Å². The zero-order valence-corrected chi connectivity index (χ0v) is 18.1. The van der Waals surface area contributed by atoms with Gasteiger partial charge in [-0.2, -0.15) is 0 Å². The van der Waals surface area contributed by atoms with E-state index in [4.69, 9.17) is 21.1 Å². The Morgan fingerprint density at radius 2 is 1.72 bits per heavy atom. The average Bonchev–Trinajstić information content (AvgIpc) is 2.79. The van der Waals surface area contributed by atoms with Crippen LogP contribution in [0.4, 0.5) is 8.78 Å². The average molecular weight is 460 g/mol. The van der Waals surface area contributed by atoms with Crippen LogP contribution in [0.25, 0.3) is 0 Å². The maximum Gasteiger partial charge on any atom is 0.337 e. The smallest absolute Gasteiger partial charge is 0.337 e. The number of para-hydroxylation sites is 1. The summed E-state index contributed by atoms with van der Waals surface area (Å²) in [7, 11) is 1.29. The van der Waals surface area contributed by atoms with Crippen LogP contribution in [0.1, 0.15) is 44.8 Å². The zero-order chi connectivity index (χ0) is 23.3. The molecule has 3 aromatic rings. The van der Waals surface area contributed by atoms with Crippen LogP contribution in [0.3, 0.4) is 0 Å². The zero-order valence-electron chi connectivity index (χ0n) is 17.3. The van der Waals surface area contributed by atoms with Crippen molar-refractivity contribution in [2.24, 2.45) is 0 Å². The number of carbonyl (C=O) groups excluding carboxylic acids is 2. The molecule has 0 saturated carbocycles. The van der Waals surface area contributed by atoms with Crippen LogP contribution in [-0.2, 0) is 11.3 Å². The van der Waals surface area contributed by atoms with E-state index in [9.17, 15) is 18.4 Å². The van der Waals surface area contributed by atoms with Crippen molar-refractivity contribution in [2.75, 3.05) is 7.11 Å². The van der Waals surface area contributed by atoms with E-state index in [1.807, 2.05) is 0 Å². The van der Waals surface area contributed by atoms with E-state index in [1.165, 1.54) is 19.2 Å². The Hall–Kier alpha value is -3.45. The Morgan fingerprint density at radius 3 is 2.41 bits per heavy atom. The van der Waals surface area contributed by atoms with Gasteiger partial charge in [0.05, 0.1) is 18.7 Å². The summed E-state index contributed by atoms with van der Waals surface area (Å²) in [4.78, 5) is 24.7. The Balaban J connectivity index is 1.79. The van der Waals surface area contributed by atoms with Gasteiger partial charge in [-0.05, 0) is 48.9 Å². The molecule has 0 aliphatic rings. The molecule has 8 heteroatoms. The second kappa shape index (κ2) is 10.2. The topological polar surface area (TPSA) is 64.6 Å². The SMILES string of the molecule is COC(=O)c1cccc([C@H](C)NC(=O)c2cc(Cl)ccc2COc2c(F)cccc2F)c1. The van der Waals surface area contributed by atoms with Gasteiger partial charge in [-0.3, -0.25) is 4.79 Å². The van der Waals surface area contributed by atoms with E-state index < -0.39 is 35.3 Å². The minimum atomic E-state index is -0.843. The number of amides is 1. The summed E-state index contributed by atoms with van der Waals surface area (Å²) in [5.74, 6) is -3.16. The number of hydrogen-bond acceptors (Lipinski definition) is 4. The third-order valence-electron chi connectivity index (χ3n) is 4.76. The van der Waals surface area contributed by atoms with Gasteiger partial charge in [0.1, 0.15) is 6.61 Å². The van der Waals surface area contributed by atoms with E-state index in [2.05, 4.69) is 5.32 Å². The normalized spacial score (nSPS) is 11.5. The minimum absolute atomic E-state index is 0.199. The summed E-state index contributed by atoms with van der Waals surface area (Å²) in [5, 5.41) is 3.15. The predicted octanol–water partition coefficient (Wildman–Crippen LogP) is 5.47. The number of carbonyl (C=O) groups is 2. The molecule has 1 atom stereocenters. The lowest BCUT2D eigenvalue weighted by Crippen LogP contribution is -2.28. The first-order valence-electron chi connectivity index (χ1n) is 9.64. The standard InChI is InChI=1S/C24H20ClF2NO4/c1-14(15-5-3-6-16(11-15)24(30)31-2)28-23(29)19-12-18(25)10-9-17(19)13-32-22-20(26)7-4-8-21(22)27/h3-12,14H,13H2,1-2H3,(H,28,29)/t14-/m0/s1. The molecule has 0 aliphatic heterocycles. The fourth-order valence-electron chi connectivity index (χ4n) is 3.07. The van der Waals surface area contributed by atoms with Crippen LogP contribution < -0.4 is 10.1 Å². The molecule has 0 bridgehead atoms. The molecule has 166 valence electrons. The van der Waals surface area contributed by atoms with Crippen LogP contribution in [0, 0.1) is 11.6 Å². The summed E-state index contributed by atoms with van der Waals surface area (Å²) in [6, 6.07) is 14.2. The Kier molecular flexibility index (Phi) is 7.43. The van der Waals surface area contributed by atoms with Gasteiger partial charge in [0.15, 0.2) is 17.4 Å². The molecule has 0 spiro atoms. The fraction of sp³-hybridized carbons (Fsp3) is 0.167. The molecule has 0 fully saturated rings. The van der Waals surface area contributed by atoms with Crippen LogP contribution in [0.5, 0.6) is 5.75 Å². The highest BCUT2D eigenvalue weighted by molar-refractivity contribution is 6.31. The molecule has 0 saturated heterocycles. The van der Waals surface area contributed by atoms with E-state index in [0.29, 0.717) is 21.7 Å². The first-order valence-corrected chi connectivity index (χ1v) is 10.0. The van der Waals surface area contributed by atoms with Crippen molar-refractivity contribution in [3.05, 3.63) is 99.6 Å². The highest BCUT2D eigenvalue weighted by atomic mass is 35.5. The van der Waals surface area contributed by atoms with Gasteiger partial charge in [-0.15, -0.1) is 0 Å². The van der Waals surface area contributed by atoms with E-state index in [1.54, 1.807) is 43.3 Å². The van der Waals surface area contributed by atoms with Gasteiger partial charge in [0.25, 0.3) is 5.91 Å². The number of esters is 1. The number of methoxy groups -OCH3 is 1. The van der Waals surface area contributed by atoms with Crippen LogP contribution >= 0.6 is 11.6 Å². The summed E-state index contributed by atoms with van der Waals surface area (Å²) in [6.07, 6.45) is 0. The van der Waals surface area contributed by atoms with Crippen molar-refractivity contribution in [3.63, 3.8) is 0 Å².